The van der Waals surface area contributed by atoms with Crippen LogP contribution in [0.15, 0.2) is 48.5 Å². The molecule has 5 heteroatoms. The average molecular weight is 325 g/mol. The second kappa shape index (κ2) is 8.15. The van der Waals surface area contributed by atoms with Crippen LogP contribution in [0.4, 0.5) is 11.4 Å². The molecule has 126 valence electrons. The van der Waals surface area contributed by atoms with E-state index in [1.54, 1.807) is 24.3 Å². The van der Waals surface area contributed by atoms with Crippen LogP contribution in [0.2, 0.25) is 0 Å². The monoisotopic (exact) mass is 325 g/mol. The minimum Gasteiger partial charge on any atom is -0.399 e. The van der Waals surface area contributed by atoms with Gasteiger partial charge in [-0.05, 0) is 50.1 Å². The molecule has 0 radical (unpaired) electrons. The van der Waals surface area contributed by atoms with Gasteiger partial charge in [0.05, 0.1) is 11.3 Å². The number of rotatable bonds is 6. The second-order valence-electron chi connectivity index (χ2n) is 5.97. The van der Waals surface area contributed by atoms with Crippen LogP contribution in [0.25, 0.3) is 0 Å². The van der Waals surface area contributed by atoms with Crippen LogP contribution in [0.1, 0.15) is 36.2 Å². The molecule has 2 amide bonds. The summed E-state index contributed by atoms with van der Waals surface area (Å²) in [5, 5.41) is 5.65. The molecule has 5 nitrogen and oxygen atoms in total. The Morgan fingerprint density at radius 1 is 1.08 bits per heavy atom. The molecule has 0 spiro atoms. The minimum atomic E-state index is -0.197. The van der Waals surface area contributed by atoms with E-state index in [1.165, 1.54) is 0 Å². The van der Waals surface area contributed by atoms with Gasteiger partial charge in [0.15, 0.2) is 0 Å². The Morgan fingerprint density at radius 2 is 1.83 bits per heavy atom. The summed E-state index contributed by atoms with van der Waals surface area (Å²) in [5.74, 6) is -0.334. The van der Waals surface area contributed by atoms with E-state index < -0.39 is 0 Å². The van der Waals surface area contributed by atoms with Gasteiger partial charge in [0.2, 0.25) is 5.91 Å². The molecule has 0 heterocycles. The standard InChI is InChI=1S/C19H23N3O2/c1-13(2)21-19(24)16-8-3-4-9-17(16)22-18(23)11-10-14-6-5-7-15(20)12-14/h3-9,12-13H,10-11,20H2,1-2H3,(H,21,24)(H,22,23). The Hall–Kier alpha value is -2.82. The zero-order valence-corrected chi connectivity index (χ0v) is 14.0. The number of amides is 2. The maximum atomic E-state index is 12.2. The molecule has 0 aliphatic carbocycles. The normalized spacial score (nSPS) is 10.5. The number of hydrogen-bond acceptors (Lipinski definition) is 3. The van der Waals surface area contributed by atoms with Gasteiger partial charge in [-0.1, -0.05) is 24.3 Å². The zero-order valence-electron chi connectivity index (χ0n) is 14.0. The Morgan fingerprint density at radius 3 is 2.54 bits per heavy atom. The lowest BCUT2D eigenvalue weighted by molar-refractivity contribution is -0.116. The van der Waals surface area contributed by atoms with Crippen molar-refractivity contribution in [1.29, 1.82) is 0 Å². The smallest absolute Gasteiger partial charge is 0.253 e. The van der Waals surface area contributed by atoms with Crippen molar-refractivity contribution in [1.82, 2.24) is 5.32 Å². The summed E-state index contributed by atoms with van der Waals surface area (Å²) in [6.45, 7) is 3.79. The van der Waals surface area contributed by atoms with Crippen LogP contribution < -0.4 is 16.4 Å². The maximum Gasteiger partial charge on any atom is 0.253 e. The van der Waals surface area contributed by atoms with Gasteiger partial charge < -0.3 is 16.4 Å². The van der Waals surface area contributed by atoms with Crippen LogP contribution in [-0.2, 0) is 11.2 Å². The van der Waals surface area contributed by atoms with Gasteiger partial charge in [-0.25, -0.2) is 0 Å². The fourth-order valence-electron chi connectivity index (χ4n) is 2.35. The highest BCUT2D eigenvalue weighted by Crippen LogP contribution is 2.16. The number of nitrogen functional groups attached to an aromatic ring is 1. The highest BCUT2D eigenvalue weighted by Gasteiger charge is 2.13. The number of aryl methyl sites for hydroxylation is 1. The molecule has 0 aliphatic heterocycles. The second-order valence-corrected chi connectivity index (χ2v) is 5.97. The number of carbonyl (C=O) groups excluding carboxylic acids is 2. The van der Waals surface area contributed by atoms with E-state index in [2.05, 4.69) is 10.6 Å². The number of nitrogens with one attached hydrogen (secondary N) is 2. The van der Waals surface area contributed by atoms with Crippen LogP contribution in [0, 0.1) is 0 Å². The molecular weight excluding hydrogens is 302 g/mol. The topological polar surface area (TPSA) is 84.2 Å². The summed E-state index contributed by atoms with van der Waals surface area (Å²) >= 11 is 0. The van der Waals surface area contributed by atoms with Crippen LogP contribution >= 0.6 is 0 Å². The number of carbonyl (C=O) groups is 2. The molecule has 0 aliphatic rings. The Labute approximate surface area is 142 Å². The zero-order chi connectivity index (χ0) is 17.5. The summed E-state index contributed by atoms with van der Waals surface area (Å²) in [7, 11) is 0. The number of nitrogens with two attached hydrogens (primary N) is 1. The van der Waals surface area contributed by atoms with E-state index >= 15 is 0 Å². The summed E-state index contributed by atoms with van der Waals surface area (Å²) in [6.07, 6.45) is 0.917. The van der Waals surface area contributed by atoms with E-state index in [1.807, 2.05) is 38.1 Å². The lowest BCUT2D eigenvalue weighted by Crippen LogP contribution is -2.31. The van der Waals surface area contributed by atoms with Gasteiger partial charge in [0.1, 0.15) is 0 Å². The fraction of sp³-hybridized carbons (Fsp3) is 0.263. The van der Waals surface area contributed by atoms with Gasteiger partial charge in [-0.2, -0.15) is 0 Å². The third-order valence-corrected chi connectivity index (χ3v) is 3.46. The molecule has 0 saturated carbocycles. The third-order valence-electron chi connectivity index (χ3n) is 3.46. The van der Waals surface area contributed by atoms with Crippen LogP contribution in [-0.4, -0.2) is 17.9 Å². The summed E-state index contributed by atoms with van der Waals surface area (Å²) in [6, 6.07) is 14.5. The lowest BCUT2D eigenvalue weighted by Gasteiger charge is -2.13. The molecule has 0 saturated heterocycles. The van der Waals surface area contributed by atoms with Gasteiger partial charge in [0, 0.05) is 18.2 Å². The van der Waals surface area contributed by atoms with Crippen molar-refractivity contribution in [3.8, 4) is 0 Å². The van der Waals surface area contributed by atoms with Crippen molar-refractivity contribution >= 4 is 23.2 Å². The molecule has 0 aromatic heterocycles. The number of benzene rings is 2. The molecule has 2 rings (SSSR count). The van der Waals surface area contributed by atoms with Crippen LogP contribution in [0.5, 0.6) is 0 Å². The highest BCUT2D eigenvalue weighted by molar-refractivity contribution is 6.03. The first-order valence-corrected chi connectivity index (χ1v) is 8.00. The largest absolute Gasteiger partial charge is 0.399 e. The van der Waals surface area contributed by atoms with Crippen molar-refractivity contribution in [2.75, 3.05) is 11.1 Å². The Balaban J connectivity index is 2.00. The van der Waals surface area contributed by atoms with E-state index in [9.17, 15) is 9.59 Å². The molecule has 4 N–H and O–H groups in total. The summed E-state index contributed by atoms with van der Waals surface area (Å²) in [5.41, 5.74) is 8.41. The van der Waals surface area contributed by atoms with Crippen molar-refractivity contribution in [3.05, 3.63) is 59.7 Å². The molecule has 0 unspecified atom stereocenters. The van der Waals surface area contributed by atoms with Gasteiger partial charge in [-0.3, -0.25) is 9.59 Å². The molecule has 0 bridgehead atoms. The maximum absolute atomic E-state index is 12.2. The first-order chi connectivity index (χ1) is 11.5. The van der Waals surface area contributed by atoms with E-state index in [0.717, 1.165) is 5.56 Å². The molecule has 0 fully saturated rings. The number of hydrogen-bond donors (Lipinski definition) is 3. The summed E-state index contributed by atoms with van der Waals surface area (Å²) < 4.78 is 0. The van der Waals surface area contributed by atoms with Crippen LogP contribution in [0.3, 0.4) is 0 Å². The number of anilines is 2. The van der Waals surface area contributed by atoms with E-state index in [0.29, 0.717) is 29.8 Å². The van der Waals surface area contributed by atoms with Gasteiger partial charge >= 0.3 is 0 Å². The average Bonchev–Trinajstić information content (AvgIpc) is 2.53. The minimum absolute atomic E-state index is 0.0322. The van der Waals surface area contributed by atoms with Crippen molar-refractivity contribution < 1.29 is 9.59 Å². The third kappa shape index (κ3) is 5.12. The van der Waals surface area contributed by atoms with E-state index in [-0.39, 0.29) is 17.9 Å². The van der Waals surface area contributed by atoms with Gasteiger partial charge in [-0.15, -0.1) is 0 Å². The first kappa shape index (κ1) is 17.5. The lowest BCUT2D eigenvalue weighted by atomic mass is 10.1. The fourth-order valence-corrected chi connectivity index (χ4v) is 2.35. The quantitative estimate of drug-likeness (QED) is 0.714. The van der Waals surface area contributed by atoms with Crippen molar-refractivity contribution in [2.45, 2.75) is 32.7 Å². The van der Waals surface area contributed by atoms with E-state index in [4.69, 9.17) is 5.73 Å². The first-order valence-electron chi connectivity index (χ1n) is 8.00. The molecule has 2 aromatic carbocycles. The van der Waals surface area contributed by atoms with Crippen molar-refractivity contribution in [2.24, 2.45) is 0 Å². The number of para-hydroxylation sites is 1. The van der Waals surface area contributed by atoms with Gasteiger partial charge in [0.25, 0.3) is 5.91 Å². The predicted octanol–water partition coefficient (Wildman–Crippen LogP) is 2.98. The Kier molecular flexibility index (Phi) is 5.95. The predicted molar refractivity (Wildman–Crippen MR) is 96.8 cm³/mol. The summed E-state index contributed by atoms with van der Waals surface area (Å²) in [4.78, 5) is 24.4. The van der Waals surface area contributed by atoms with Crippen molar-refractivity contribution in [3.63, 3.8) is 0 Å². The molecule has 2 aromatic rings. The molecule has 24 heavy (non-hydrogen) atoms. The molecule has 0 atom stereocenters. The Bertz CT molecular complexity index is 726. The molecular formula is C19H23N3O2. The highest BCUT2D eigenvalue weighted by atomic mass is 16.2. The SMILES string of the molecule is CC(C)NC(=O)c1ccccc1NC(=O)CCc1cccc(N)c1.